The number of carbonyl (C=O) groups excluding carboxylic acids is 1. The van der Waals surface area contributed by atoms with Crippen molar-refractivity contribution >= 4 is 34.1 Å². The van der Waals surface area contributed by atoms with Crippen LogP contribution in [-0.4, -0.2) is 16.9 Å². The summed E-state index contributed by atoms with van der Waals surface area (Å²) in [5.41, 5.74) is -0.544. The number of carbonyl (C=O) groups is 1. The number of hydrogen-bond donors (Lipinski definition) is 0. The molecular weight excluding hydrogens is 375 g/mol. The maximum Gasteiger partial charge on any atom is 0.335 e. The molecule has 150 valence electrons. The molecule has 0 saturated carbocycles. The topological polar surface area (TPSA) is 26.3 Å². The van der Waals surface area contributed by atoms with Crippen molar-refractivity contribution in [2.45, 2.75) is 39.7 Å². The first-order valence-corrected chi connectivity index (χ1v) is 11.8. The quantitative estimate of drug-likeness (QED) is 0.446. The molecule has 0 heterocycles. The van der Waals surface area contributed by atoms with E-state index in [2.05, 4.69) is 79.7 Å². The van der Waals surface area contributed by atoms with Crippen LogP contribution in [0.3, 0.4) is 0 Å². The van der Waals surface area contributed by atoms with Crippen molar-refractivity contribution in [3.63, 3.8) is 0 Å². The molecular formula is C26H29O2P. The van der Waals surface area contributed by atoms with E-state index in [0.29, 0.717) is 6.42 Å². The van der Waals surface area contributed by atoms with Gasteiger partial charge in [-0.2, -0.15) is 0 Å². The first kappa shape index (κ1) is 21.1. The van der Waals surface area contributed by atoms with E-state index in [1.54, 1.807) is 0 Å². The van der Waals surface area contributed by atoms with Gasteiger partial charge in [-0.05, 0) is 50.0 Å². The van der Waals surface area contributed by atoms with Crippen LogP contribution >= 0.6 is 6.89 Å². The van der Waals surface area contributed by atoms with E-state index >= 15 is 0 Å². The van der Waals surface area contributed by atoms with Crippen LogP contribution in [0.2, 0.25) is 0 Å². The van der Waals surface area contributed by atoms with Gasteiger partial charge < -0.3 is 4.74 Å². The monoisotopic (exact) mass is 404 g/mol. The predicted molar refractivity (Wildman–Crippen MR) is 126 cm³/mol. The fraction of sp³-hybridized carbons (Fsp3) is 0.231. The Morgan fingerprint density at radius 1 is 0.724 bits per heavy atom. The van der Waals surface area contributed by atoms with Crippen LogP contribution in [0.5, 0.6) is 0 Å². The van der Waals surface area contributed by atoms with Crippen molar-refractivity contribution in [1.82, 2.24) is 0 Å². The van der Waals surface area contributed by atoms with E-state index in [0.717, 1.165) is 5.29 Å². The fourth-order valence-corrected chi connectivity index (χ4v) is 8.21. The Kier molecular flexibility index (Phi) is 6.45. The molecule has 0 atom stereocenters. The van der Waals surface area contributed by atoms with Crippen molar-refractivity contribution in [1.29, 1.82) is 0 Å². The molecule has 3 rings (SSSR count). The van der Waals surface area contributed by atoms with Crippen LogP contribution in [0.15, 0.2) is 91.0 Å². The summed E-state index contributed by atoms with van der Waals surface area (Å²) in [4.78, 5) is 13.5. The van der Waals surface area contributed by atoms with Gasteiger partial charge >= 0.3 is 5.97 Å². The van der Waals surface area contributed by atoms with Gasteiger partial charge in [-0.3, -0.25) is 0 Å². The molecule has 0 aliphatic carbocycles. The largest absolute Gasteiger partial charge is 0.457 e. The van der Waals surface area contributed by atoms with Crippen molar-refractivity contribution in [3.8, 4) is 0 Å². The van der Waals surface area contributed by atoms with Gasteiger partial charge in [-0.15, -0.1) is 0 Å². The van der Waals surface area contributed by atoms with E-state index in [-0.39, 0.29) is 5.97 Å². The summed E-state index contributed by atoms with van der Waals surface area (Å²) in [5.74, 6) is -0.204. The molecule has 29 heavy (non-hydrogen) atoms. The molecule has 0 fully saturated rings. The number of ether oxygens (including phenoxy) is 1. The highest BCUT2D eigenvalue weighted by atomic mass is 31.2. The molecule has 3 aromatic rings. The Labute approximate surface area is 174 Å². The van der Waals surface area contributed by atoms with Crippen LogP contribution in [0.1, 0.15) is 34.1 Å². The molecule has 3 heteroatoms. The van der Waals surface area contributed by atoms with E-state index in [1.165, 1.54) is 15.9 Å². The summed E-state index contributed by atoms with van der Waals surface area (Å²) in [7, 11) is 0. The van der Waals surface area contributed by atoms with Crippen LogP contribution in [0.4, 0.5) is 0 Å². The summed E-state index contributed by atoms with van der Waals surface area (Å²) in [6.45, 7) is 5.46. The van der Waals surface area contributed by atoms with Gasteiger partial charge in [0.05, 0.1) is 0 Å². The van der Waals surface area contributed by atoms with Crippen molar-refractivity contribution in [2.75, 3.05) is 0 Å². The number of esters is 1. The SMILES string of the molecule is CCC(C(=O)OC(C)(C)C)=P(c1ccccc1)(c1ccccc1)c1ccccc1. The molecule has 0 aliphatic rings. The smallest absolute Gasteiger partial charge is 0.335 e. The second-order valence-corrected chi connectivity index (χ2v) is 11.4. The highest BCUT2D eigenvalue weighted by Gasteiger charge is 2.34. The van der Waals surface area contributed by atoms with Crippen molar-refractivity contribution < 1.29 is 9.53 Å². The normalized spacial score (nSPS) is 11.7. The zero-order valence-electron chi connectivity index (χ0n) is 17.6. The minimum atomic E-state index is -2.36. The predicted octanol–water partition coefficient (Wildman–Crippen LogP) is 4.90. The Bertz CT molecular complexity index is 897. The van der Waals surface area contributed by atoms with Crippen LogP contribution in [-0.2, 0) is 9.53 Å². The third-order valence-electron chi connectivity index (χ3n) is 4.80. The minimum absolute atomic E-state index is 0.204. The zero-order chi connectivity index (χ0) is 20.9. The molecule has 2 nitrogen and oxygen atoms in total. The Balaban J connectivity index is 2.50. The van der Waals surface area contributed by atoms with Crippen LogP contribution in [0, 0.1) is 0 Å². The van der Waals surface area contributed by atoms with E-state index in [4.69, 9.17) is 4.74 Å². The van der Waals surface area contributed by atoms with E-state index in [9.17, 15) is 4.79 Å². The number of hydrogen-bond acceptors (Lipinski definition) is 2. The molecule has 0 N–H and O–H groups in total. The van der Waals surface area contributed by atoms with E-state index < -0.39 is 12.5 Å². The molecule has 3 aromatic carbocycles. The Morgan fingerprint density at radius 3 is 1.34 bits per heavy atom. The summed E-state index contributed by atoms with van der Waals surface area (Å²) in [5, 5.41) is 4.34. The molecule has 0 spiro atoms. The molecule has 0 bridgehead atoms. The summed E-state index contributed by atoms with van der Waals surface area (Å²) in [6, 6.07) is 31.3. The lowest BCUT2D eigenvalue weighted by atomic mass is 10.2. The maximum absolute atomic E-state index is 13.5. The maximum atomic E-state index is 13.5. The third-order valence-corrected chi connectivity index (χ3v) is 9.33. The van der Waals surface area contributed by atoms with Gasteiger partial charge in [0, 0.05) is 5.29 Å². The second kappa shape index (κ2) is 8.84. The zero-order valence-corrected chi connectivity index (χ0v) is 18.5. The first-order chi connectivity index (χ1) is 13.9. The van der Waals surface area contributed by atoms with Gasteiger partial charge in [-0.25, -0.2) is 4.79 Å². The third kappa shape index (κ3) is 4.38. The Hall–Kier alpha value is -2.57. The summed E-state index contributed by atoms with van der Waals surface area (Å²) >= 11 is 0. The minimum Gasteiger partial charge on any atom is -0.457 e. The van der Waals surface area contributed by atoms with Gasteiger partial charge in [0.25, 0.3) is 0 Å². The summed E-state index contributed by atoms with van der Waals surface area (Å²) < 4.78 is 5.91. The van der Waals surface area contributed by atoms with Gasteiger partial charge in [0.1, 0.15) is 5.60 Å². The lowest BCUT2D eigenvalue weighted by Crippen LogP contribution is -2.36. The second-order valence-electron chi connectivity index (χ2n) is 7.98. The lowest BCUT2D eigenvalue weighted by molar-refractivity contribution is -0.146. The molecule has 0 amide bonds. The average Bonchev–Trinajstić information content (AvgIpc) is 2.72. The fourth-order valence-electron chi connectivity index (χ4n) is 3.72. The van der Waals surface area contributed by atoms with Crippen molar-refractivity contribution in [2.24, 2.45) is 0 Å². The molecule has 0 aromatic heterocycles. The average molecular weight is 404 g/mol. The molecule has 0 saturated heterocycles. The Morgan fingerprint density at radius 2 is 1.07 bits per heavy atom. The van der Waals surface area contributed by atoms with Gasteiger partial charge in [-0.1, -0.05) is 97.9 Å². The lowest BCUT2D eigenvalue weighted by Gasteiger charge is -2.33. The van der Waals surface area contributed by atoms with Crippen LogP contribution < -0.4 is 15.9 Å². The van der Waals surface area contributed by atoms with Gasteiger partial charge in [0.2, 0.25) is 0 Å². The van der Waals surface area contributed by atoms with Gasteiger partial charge in [0.15, 0.2) is 0 Å². The molecule has 0 radical (unpaired) electrons. The molecule has 0 unspecified atom stereocenters. The van der Waals surface area contributed by atoms with Crippen LogP contribution in [0.25, 0.3) is 0 Å². The van der Waals surface area contributed by atoms with Crippen molar-refractivity contribution in [3.05, 3.63) is 91.0 Å². The number of benzene rings is 3. The van der Waals surface area contributed by atoms with E-state index in [1.807, 2.05) is 39.0 Å². The first-order valence-electron chi connectivity index (χ1n) is 10.0. The number of rotatable bonds is 5. The summed E-state index contributed by atoms with van der Waals surface area (Å²) in [6.07, 6.45) is 0.626. The highest BCUT2D eigenvalue weighted by Crippen LogP contribution is 2.47. The molecule has 0 aliphatic heterocycles. The highest BCUT2D eigenvalue weighted by molar-refractivity contribution is 7.96. The standard InChI is InChI=1S/C26H29O2P/c1-5-24(25(27)28-26(2,3)4)29(21-15-9-6-10-16-21,22-17-11-7-12-18-22)23-19-13-8-14-20-23/h6-20H,5H2,1-4H3.